The molecule has 4 nitrogen and oxygen atoms in total. The summed E-state index contributed by atoms with van der Waals surface area (Å²) in [5, 5.41) is 0.625. The molecule has 0 saturated heterocycles. The molecule has 3 N–H and O–H groups in total. The zero-order chi connectivity index (χ0) is 13.8. The molecule has 1 aromatic heterocycles. The van der Waals surface area contributed by atoms with E-state index in [9.17, 15) is 4.79 Å². The van der Waals surface area contributed by atoms with E-state index in [1.807, 2.05) is 25.1 Å². The molecule has 0 aliphatic rings. The van der Waals surface area contributed by atoms with Crippen molar-refractivity contribution in [3.05, 3.63) is 45.9 Å². The van der Waals surface area contributed by atoms with Gasteiger partial charge in [0, 0.05) is 22.3 Å². The smallest absolute Gasteiger partial charge is 0.251 e. The highest BCUT2D eigenvalue weighted by Gasteiger charge is 2.04. The number of aromatic amines is 1. The number of H-pyrrole nitrogens is 1. The molecule has 19 heavy (non-hydrogen) atoms. The Balaban J connectivity index is 2.27. The molecular formula is C14H17N3OS. The van der Waals surface area contributed by atoms with Gasteiger partial charge in [0.05, 0.1) is 0 Å². The van der Waals surface area contributed by atoms with Gasteiger partial charge in [-0.3, -0.25) is 4.79 Å². The van der Waals surface area contributed by atoms with E-state index in [0.717, 1.165) is 34.7 Å². The van der Waals surface area contributed by atoms with E-state index in [-0.39, 0.29) is 5.56 Å². The number of anilines is 1. The number of aryl methyl sites for hydroxylation is 2. The van der Waals surface area contributed by atoms with Crippen LogP contribution < -0.4 is 11.3 Å². The Bertz CT molecular complexity index is 637. The number of nitrogens with one attached hydrogen (secondary N) is 1. The van der Waals surface area contributed by atoms with Crippen LogP contribution in [0.15, 0.2) is 39.1 Å². The van der Waals surface area contributed by atoms with E-state index in [2.05, 4.69) is 16.9 Å². The standard InChI is InChI=1S/C14H17N3OS/c1-3-4-10-8-13(18)17-14(16-10)19-11-5-6-12(15)9(2)7-11/h5-8H,3-4,15H2,1-2H3,(H,16,17,18). The second-order valence-electron chi connectivity index (χ2n) is 4.41. The lowest BCUT2D eigenvalue weighted by Crippen LogP contribution is -2.09. The molecule has 1 heterocycles. The van der Waals surface area contributed by atoms with Gasteiger partial charge < -0.3 is 10.7 Å². The summed E-state index contributed by atoms with van der Waals surface area (Å²) in [6.07, 6.45) is 1.79. The lowest BCUT2D eigenvalue weighted by Gasteiger charge is -2.05. The van der Waals surface area contributed by atoms with Crippen molar-refractivity contribution in [3.8, 4) is 0 Å². The molecule has 5 heteroatoms. The van der Waals surface area contributed by atoms with Crippen molar-refractivity contribution in [3.63, 3.8) is 0 Å². The quantitative estimate of drug-likeness (QED) is 0.665. The first-order valence-corrected chi connectivity index (χ1v) is 7.04. The van der Waals surface area contributed by atoms with E-state index >= 15 is 0 Å². The van der Waals surface area contributed by atoms with Crippen LogP contribution in [0.25, 0.3) is 0 Å². The van der Waals surface area contributed by atoms with Crippen molar-refractivity contribution >= 4 is 17.4 Å². The molecule has 0 aliphatic carbocycles. The zero-order valence-electron chi connectivity index (χ0n) is 11.1. The van der Waals surface area contributed by atoms with E-state index in [4.69, 9.17) is 5.73 Å². The Morgan fingerprint density at radius 1 is 1.37 bits per heavy atom. The first-order valence-electron chi connectivity index (χ1n) is 6.22. The summed E-state index contributed by atoms with van der Waals surface area (Å²) < 4.78 is 0. The zero-order valence-corrected chi connectivity index (χ0v) is 11.9. The van der Waals surface area contributed by atoms with Crippen LogP contribution in [0.4, 0.5) is 5.69 Å². The second kappa shape index (κ2) is 5.93. The summed E-state index contributed by atoms with van der Waals surface area (Å²) >= 11 is 1.44. The van der Waals surface area contributed by atoms with Crippen LogP contribution in [0.5, 0.6) is 0 Å². The fraction of sp³-hybridized carbons (Fsp3) is 0.286. The lowest BCUT2D eigenvalue weighted by atomic mass is 10.2. The third-order valence-corrected chi connectivity index (χ3v) is 3.61. The third-order valence-electron chi connectivity index (χ3n) is 2.73. The Morgan fingerprint density at radius 3 is 2.84 bits per heavy atom. The first-order chi connectivity index (χ1) is 9.08. The van der Waals surface area contributed by atoms with Gasteiger partial charge in [-0.25, -0.2) is 4.98 Å². The number of aromatic nitrogens is 2. The van der Waals surface area contributed by atoms with Crippen LogP contribution in [0.3, 0.4) is 0 Å². The summed E-state index contributed by atoms with van der Waals surface area (Å²) in [4.78, 5) is 19.8. The van der Waals surface area contributed by atoms with Crippen LogP contribution in [0, 0.1) is 6.92 Å². The van der Waals surface area contributed by atoms with E-state index < -0.39 is 0 Å². The third kappa shape index (κ3) is 3.61. The van der Waals surface area contributed by atoms with Gasteiger partial charge in [-0.1, -0.05) is 25.1 Å². The van der Waals surface area contributed by atoms with Crippen LogP contribution in [-0.4, -0.2) is 9.97 Å². The van der Waals surface area contributed by atoms with Crippen molar-refractivity contribution in [1.82, 2.24) is 9.97 Å². The summed E-state index contributed by atoms with van der Waals surface area (Å²) in [6, 6.07) is 7.35. The minimum atomic E-state index is -0.104. The van der Waals surface area contributed by atoms with Crippen molar-refractivity contribution in [2.75, 3.05) is 5.73 Å². The fourth-order valence-electron chi connectivity index (χ4n) is 1.74. The number of nitrogens with two attached hydrogens (primary N) is 1. The summed E-state index contributed by atoms with van der Waals surface area (Å²) in [6.45, 7) is 4.03. The maximum atomic E-state index is 11.6. The molecule has 2 rings (SSSR count). The largest absolute Gasteiger partial charge is 0.399 e. The van der Waals surface area contributed by atoms with E-state index in [1.54, 1.807) is 6.07 Å². The molecule has 1 aromatic carbocycles. The van der Waals surface area contributed by atoms with Crippen LogP contribution >= 0.6 is 11.8 Å². The summed E-state index contributed by atoms with van der Waals surface area (Å²) in [5.41, 5.74) is 8.31. The molecule has 0 fully saturated rings. The topological polar surface area (TPSA) is 71.8 Å². The molecule has 0 radical (unpaired) electrons. The number of benzene rings is 1. The predicted molar refractivity (Wildman–Crippen MR) is 78.6 cm³/mol. The molecule has 0 unspecified atom stereocenters. The molecule has 0 amide bonds. The van der Waals surface area contributed by atoms with Gasteiger partial charge in [0.1, 0.15) is 0 Å². The van der Waals surface area contributed by atoms with Gasteiger partial charge in [0.2, 0.25) is 0 Å². The first kappa shape index (κ1) is 13.7. The minimum Gasteiger partial charge on any atom is -0.399 e. The number of nitrogens with zero attached hydrogens (tertiary/aromatic N) is 1. The number of nitrogen functional groups attached to an aromatic ring is 1. The molecule has 0 saturated carbocycles. The average molecular weight is 275 g/mol. The maximum Gasteiger partial charge on any atom is 0.251 e. The Hall–Kier alpha value is -1.75. The monoisotopic (exact) mass is 275 g/mol. The lowest BCUT2D eigenvalue weighted by molar-refractivity contribution is 0.816. The Labute approximate surface area is 116 Å². The Morgan fingerprint density at radius 2 is 2.16 bits per heavy atom. The molecule has 2 aromatic rings. The molecule has 0 spiro atoms. The highest BCUT2D eigenvalue weighted by molar-refractivity contribution is 7.99. The fourth-order valence-corrected chi connectivity index (χ4v) is 2.65. The number of rotatable bonds is 4. The molecule has 0 aliphatic heterocycles. The van der Waals surface area contributed by atoms with Gasteiger partial charge in [-0.2, -0.15) is 0 Å². The molecule has 0 atom stereocenters. The van der Waals surface area contributed by atoms with Gasteiger partial charge >= 0.3 is 0 Å². The summed E-state index contributed by atoms with van der Waals surface area (Å²) in [5.74, 6) is 0. The normalized spacial score (nSPS) is 10.6. The SMILES string of the molecule is CCCc1cc(=O)[nH]c(Sc2ccc(N)c(C)c2)n1. The van der Waals surface area contributed by atoms with Gasteiger partial charge in [0.15, 0.2) is 5.16 Å². The van der Waals surface area contributed by atoms with Gasteiger partial charge in [-0.05, 0) is 37.1 Å². The molecular weight excluding hydrogens is 258 g/mol. The van der Waals surface area contributed by atoms with Crippen molar-refractivity contribution in [2.24, 2.45) is 0 Å². The highest BCUT2D eigenvalue weighted by Crippen LogP contribution is 2.26. The van der Waals surface area contributed by atoms with E-state index in [1.165, 1.54) is 11.8 Å². The van der Waals surface area contributed by atoms with Crippen molar-refractivity contribution in [2.45, 2.75) is 36.7 Å². The second-order valence-corrected chi connectivity index (χ2v) is 5.47. The molecule has 100 valence electrons. The maximum absolute atomic E-state index is 11.6. The Kier molecular flexibility index (Phi) is 4.27. The average Bonchev–Trinajstić information content (AvgIpc) is 2.33. The van der Waals surface area contributed by atoms with Crippen LogP contribution in [0.2, 0.25) is 0 Å². The van der Waals surface area contributed by atoms with Crippen LogP contribution in [-0.2, 0) is 6.42 Å². The number of hydrogen-bond acceptors (Lipinski definition) is 4. The van der Waals surface area contributed by atoms with Crippen molar-refractivity contribution < 1.29 is 0 Å². The van der Waals surface area contributed by atoms with Gasteiger partial charge in [-0.15, -0.1) is 0 Å². The van der Waals surface area contributed by atoms with Gasteiger partial charge in [0.25, 0.3) is 5.56 Å². The molecule has 0 bridgehead atoms. The minimum absolute atomic E-state index is 0.104. The summed E-state index contributed by atoms with van der Waals surface area (Å²) in [7, 11) is 0. The predicted octanol–water partition coefficient (Wildman–Crippen LogP) is 2.76. The number of hydrogen-bond donors (Lipinski definition) is 2. The van der Waals surface area contributed by atoms with Crippen LogP contribution in [0.1, 0.15) is 24.6 Å². The van der Waals surface area contributed by atoms with E-state index in [0.29, 0.717) is 5.16 Å². The van der Waals surface area contributed by atoms with Crippen molar-refractivity contribution in [1.29, 1.82) is 0 Å². The highest BCUT2D eigenvalue weighted by atomic mass is 32.2.